The maximum absolute atomic E-state index is 15.2. The molecule has 0 aromatic carbocycles. The van der Waals surface area contributed by atoms with Crippen molar-refractivity contribution in [1.29, 1.82) is 0 Å². The first-order valence-electron chi connectivity index (χ1n) is 11.9. The van der Waals surface area contributed by atoms with Gasteiger partial charge in [-0.25, -0.2) is 22.9 Å². The van der Waals surface area contributed by atoms with Gasteiger partial charge in [0.15, 0.2) is 5.96 Å². The highest BCUT2D eigenvalue weighted by atomic mass is 32.2. The average molecular weight is 517 g/mol. The van der Waals surface area contributed by atoms with Crippen LogP contribution in [0.3, 0.4) is 0 Å². The van der Waals surface area contributed by atoms with Crippen molar-refractivity contribution in [2.75, 3.05) is 13.1 Å². The van der Waals surface area contributed by atoms with Crippen molar-refractivity contribution in [3.63, 3.8) is 0 Å². The summed E-state index contributed by atoms with van der Waals surface area (Å²) in [6.45, 7) is 6.00. The van der Waals surface area contributed by atoms with Crippen molar-refractivity contribution in [3.8, 4) is 0 Å². The molecule has 0 radical (unpaired) electrons. The fourth-order valence-electron chi connectivity index (χ4n) is 5.69. The van der Waals surface area contributed by atoms with Gasteiger partial charge in [-0.3, -0.25) is 0 Å². The number of guanidine groups is 1. The molecular weight excluding hydrogens is 482 g/mol. The molecule has 5 N–H and O–H groups in total. The molecule has 0 aromatic heterocycles. The standard InChI is InChI=1S/C22H34F2N6O4S/c1-11-4-5-13-19-18(28-20(12(2)31)30(11)19)14(23)8-22(13,3)34-17(24)9-26-21(25)27-15-6-7-29(35-33)10-16(15)32/h9,11-13,15-16,19,31-32,35H,4-8,10H2,1-3H3,(H3,25,26,27)/b17-9-/t11-,12+,13?,15+,16+,19?,22-/m0/s1. The lowest BCUT2D eigenvalue weighted by Crippen LogP contribution is -2.59. The fourth-order valence-corrected chi connectivity index (χ4v) is 6.12. The van der Waals surface area contributed by atoms with Crippen molar-refractivity contribution >= 4 is 23.6 Å². The van der Waals surface area contributed by atoms with E-state index in [1.165, 1.54) is 0 Å². The number of hydrogen-bond donors (Lipinski definition) is 5. The van der Waals surface area contributed by atoms with Gasteiger partial charge in [0.25, 0.3) is 6.01 Å². The number of ether oxygens (including phenoxy) is 1. The lowest BCUT2D eigenvalue weighted by Gasteiger charge is -2.51. The minimum Gasteiger partial charge on any atom is -0.463 e. The van der Waals surface area contributed by atoms with Crippen molar-refractivity contribution in [3.05, 3.63) is 23.7 Å². The molecule has 1 aliphatic carbocycles. The Kier molecular flexibility index (Phi) is 7.51. The van der Waals surface area contributed by atoms with Crippen LogP contribution in [0.4, 0.5) is 8.78 Å². The van der Waals surface area contributed by atoms with Crippen LogP contribution >= 0.6 is 0 Å². The minimum atomic E-state index is -1.18. The van der Waals surface area contributed by atoms with E-state index in [-0.39, 0.29) is 42.7 Å². The summed E-state index contributed by atoms with van der Waals surface area (Å²) < 4.78 is 48.2. The second-order valence-corrected chi connectivity index (χ2v) is 10.7. The molecule has 4 aliphatic rings. The van der Waals surface area contributed by atoms with Crippen LogP contribution in [0.25, 0.3) is 0 Å². The Bertz CT molecular complexity index is 976. The topological polar surface area (TPSA) is 136 Å². The van der Waals surface area contributed by atoms with Crippen molar-refractivity contribution < 1.29 is 27.9 Å². The van der Waals surface area contributed by atoms with E-state index in [1.54, 1.807) is 18.2 Å². The summed E-state index contributed by atoms with van der Waals surface area (Å²) in [7, 11) is 0. The molecule has 3 heterocycles. The average Bonchev–Trinajstić information content (AvgIpc) is 3.21. The number of hydrogen-bond acceptors (Lipinski definition) is 7. The molecule has 0 spiro atoms. The third-order valence-electron chi connectivity index (χ3n) is 7.42. The number of nitrogens with one attached hydrogen (secondary N) is 1. The Morgan fingerprint density at radius 2 is 2.20 bits per heavy atom. The first kappa shape index (κ1) is 26.0. The summed E-state index contributed by atoms with van der Waals surface area (Å²) in [6, 6.07) is -1.79. The van der Waals surface area contributed by atoms with Crippen LogP contribution in [-0.4, -0.2) is 84.4 Å². The van der Waals surface area contributed by atoms with Gasteiger partial charge in [-0.15, -0.1) is 0 Å². The van der Waals surface area contributed by atoms with Crippen LogP contribution in [-0.2, 0) is 16.6 Å². The lowest BCUT2D eigenvalue weighted by atomic mass is 9.69. The number of thiol groups is 1. The molecule has 2 unspecified atom stereocenters. The fraction of sp³-hybridized carbons (Fsp3) is 0.727. The van der Waals surface area contributed by atoms with Crippen LogP contribution in [0.2, 0.25) is 0 Å². The van der Waals surface area contributed by atoms with Crippen molar-refractivity contribution in [2.45, 2.75) is 82.4 Å². The number of amidine groups is 1. The second-order valence-electron chi connectivity index (χ2n) is 9.96. The van der Waals surface area contributed by atoms with Gasteiger partial charge in [0, 0.05) is 31.5 Å². The zero-order chi connectivity index (χ0) is 25.5. The lowest BCUT2D eigenvalue weighted by molar-refractivity contribution is -0.0986. The summed E-state index contributed by atoms with van der Waals surface area (Å²) in [5, 5.41) is 23.2. The number of halogens is 2. The molecule has 0 amide bonds. The van der Waals surface area contributed by atoms with Crippen LogP contribution in [0.15, 0.2) is 33.7 Å². The van der Waals surface area contributed by atoms with E-state index in [4.69, 9.17) is 10.5 Å². The molecule has 0 saturated carbocycles. The number of β-amino-alcohol motifs (C(OH)–C–C–N with tert-alkyl or cyclic N) is 1. The summed E-state index contributed by atoms with van der Waals surface area (Å²) >= 11 is -0.153. The number of aliphatic hydroxyl groups excluding tert-OH is 2. The van der Waals surface area contributed by atoms with Gasteiger partial charge < -0.3 is 30.9 Å². The summed E-state index contributed by atoms with van der Waals surface area (Å²) in [4.78, 5) is 10.2. The minimum absolute atomic E-state index is 0.0588. The molecule has 0 bridgehead atoms. The third kappa shape index (κ3) is 5.09. The van der Waals surface area contributed by atoms with Crippen molar-refractivity contribution in [1.82, 2.24) is 14.5 Å². The Hall–Kier alpha value is -2.09. The predicted octanol–water partition coefficient (Wildman–Crippen LogP) is 0.577. The zero-order valence-corrected chi connectivity index (χ0v) is 21.0. The van der Waals surface area contributed by atoms with Crippen LogP contribution in [0.5, 0.6) is 0 Å². The molecule has 4 rings (SSSR count). The highest BCUT2D eigenvalue weighted by Crippen LogP contribution is 2.51. The smallest absolute Gasteiger partial charge is 0.292 e. The normalized spacial score (nSPS) is 37.2. The maximum Gasteiger partial charge on any atom is 0.292 e. The highest BCUT2D eigenvalue weighted by Gasteiger charge is 2.56. The van der Waals surface area contributed by atoms with E-state index in [2.05, 4.69) is 15.3 Å². The molecule has 3 aliphatic heterocycles. The van der Waals surface area contributed by atoms with Gasteiger partial charge in [0.1, 0.15) is 29.6 Å². The third-order valence-corrected chi connectivity index (χ3v) is 8.01. The molecule has 2 saturated heterocycles. The predicted molar refractivity (Wildman–Crippen MR) is 129 cm³/mol. The summed E-state index contributed by atoms with van der Waals surface area (Å²) in [6.07, 6.45) is 0.970. The number of nitrogens with two attached hydrogens (primary N) is 1. The summed E-state index contributed by atoms with van der Waals surface area (Å²) in [5.74, 6) is -0.387. The van der Waals surface area contributed by atoms with E-state index in [9.17, 15) is 18.8 Å². The largest absolute Gasteiger partial charge is 0.463 e. The van der Waals surface area contributed by atoms with E-state index in [0.717, 1.165) is 12.6 Å². The Labute approximate surface area is 207 Å². The zero-order valence-electron chi connectivity index (χ0n) is 20.1. The molecule has 13 heteroatoms. The number of rotatable bonds is 6. The number of aliphatic imine (C=N–C) groups is 2. The molecule has 10 nitrogen and oxygen atoms in total. The van der Waals surface area contributed by atoms with Crippen LogP contribution in [0, 0.1) is 5.92 Å². The Morgan fingerprint density at radius 3 is 2.86 bits per heavy atom. The van der Waals surface area contributed by atoms with Crippen LogP contribution in [0.1, 0.15) is 46.5 Å². The number of nitrogens with zero attached hydrogens (tertiary/aromatic N) is 4. The summed E-state index contributed by atoms with van der Waals surface area (Å²) in [5.41, 5.74) is 4.97. The monoisotopic (exact) mass is 516 g/mol. The van der Waals surface area contributed by atoms with E-state index >= 15 is 4.39 Å². The van der Waals surface area contributed by atoms with Gasteiger partial charge in [-0.2, -0.15) is 4.39 Å². The number of aliphatic hydroxyl groups is 2. The Morgan fingerprint density at radius 1 is 1.46 bits per heavy atom. The van der Waals surface area contributed by atoms with Crippen LogP contribution < -0.4 is 11.1 Å². The molecule has 2 fully saturated rings. The van der Waals surface area contributed by atoms with Gasteiger partial charge in [-0.1, -0.05) is 0 Å². The maximum atomic E-state index is 15.2. The van der Waals surface area contributed by atoms with E-state index < -0.39 is 41.7 Å². The van der Waals surface area contributed by atoms with Gasteiger partial charge in [-0.05, 0) is 40.0 Å². The first-order valence-corrected chi connectivity index (χ1v) is 12.6. The SMILES string of the molecule is C[C@@H](O)C1=NC2=C(F)C[C@](C)(O/C(F)=C\N=C(/N)N[C@@H]3CCN([SH]=O)C[C@H]3O)C3CC[C@H](C)N1C23. The van der Waals surface area contributed by atoms with Gasteiger partial charge >= 0.3 is 0 Å². The number of piperidine rings is 2. The molecule has 0 aromatic rings. The first-order chi connectivity index (χ1) is 16.5. The molecular formula is C22H34F2N6O4S. The van der Waals surface area contributed by atoms with E-state index in [1.807, 2.05) is 11.8 Å². The Balaban J connectivity index is 1.46. The van der Waals surface area contributed by atoms with Gasteiger partial charge in [0.2, 0.25) is 0 Å². The van der Waals surface area contributed by atoms with E-state index in [0.29, 0.717) is 30.9 Å². The molecule has 7 atom stereocenters. The highest BCUT2D eigenvalue weighted by molar-refractivity contribution is 7.63. The molecule has 35 heavy (non-hydrogen) atoms. The van der Waals surface area contributed by atoms with Gasteiger partial charge in [0.05, 0.1) is 35.7 Å². The quantitative estimate of drug-likeness (QED) is 0.151. The molecule has 196 valence electrons. The second kappa shape index (κ2) is 10.1. The van der Waals surface area contributed by atoms with Crippen molar-refractivity contribution in [2.24, 2.45) is 21.6 Å².